The van der Waals surface area contributed by atoms with Gasteiger partial charge in [-0.15, -0.1) is 0 Å². The molecule has 30 heavy (non-hydrogen) atoms. The van der Waals surface area contributed by atoms with Crippen molar-refractivity contribution in [2.45, 2.75) is 98.0 Å². The van der Waals surface area contributed by atoms with E-state index < -0.39 is 6.16 Å². The van der Waals surface area contributed by atoms with Gasteiger partial charge in [0.1, 0.15) is 6.10 Å². The number of carbonyl (C=O) groups is 2. The molecule has 4 aliphatic rings. The third-order valence-electron chi connectivity index (χ3n) is 9.53. The number of ketones is 1. The van der Waals surface area contributed by atoms with E-state index in [9.17, 15) is 9.59 Å². The van der Waals surface area contributed by atoms with Crippen molar-refractivity contribution in [3.8, 4) is 0 Å². The van der Waals surface area contributed by atoms with Gasteiger partial charge in [0.25, 0.3) is 0 Å². The van der Waals surface area contributed by atoms with E-state index in [1.54, 1.807) is 0 Å². The first-order valence-electron chi connectivity index (χ1n) is 12.4. The maximum absolute atomic E-state index is 12.3. The fourth-order valence-electron chi connectivity index (χ4n) is 7.72. The van der Waals surface area contributed by atoms with Gasteiger partial charge in [-0.2, -0.15) is 0 Å². The monoisotopic (exact) mass is 416 g/mol. The van der Waals surface area contributed by atoms with Crippen molar-refractivity contribution in [3.63, 3.8) is 0 Å². The third kappa shape index (κ3) is 3.52. The Balaban J connectivity index is 1.54. The summed E-state index contributed by atoms with van der Waals surface area (Å²) in [6, 6.07) is 0. The Morgan fingerprint density at radius 3 is 2.67 bits per heavy atom. The second kappa shape index (κ2) is 8.31. The van der Waals surface area contributed by atoms with Crippen molar-refractivity contribution < 1.29 is 19.1 Å². The lowest BCUT2D eigenvalue weighted by atomic mass is 9.44. The number of unbranched alkanes of at least 4 members (excludes halogenated alkanes) is 1. The van der Waals surface area contributed by atoms with E-state index >= 15 is 0 Å². The van der Waals surface area contributed by atoms with Crippen molar-refractivity contribution in [2.24, 2.45) is 34.5 Å². The number of hydrogen-bond acceptors (Lipinski definition) is 4. The number of rotatable bonds is 5. The van der Waals surface area contributed by atoms with Crippen molar-refractivity contribution in [3.05, 3.63) is 11.6 Å². The lowest BCUT2D eigenvalue weighted by molar-refractivity contribution is -0.121. The van der Waals surface area contributed by atoms with E-state index in [4.69, 9.17) is 9.47 Å². The molecule has 4 aliphatic carbocycles. The van der Waals surface area contributed by atoms with Gasteiger partial charge in [0.05, 0.1) is 6.61 Å². The molecule has 0 spiro atoms. The van der Waals surface area contributed by atoms with Gasteiger partial charge in [0.15, 0.2) is 5.78 Å². The summed E-state index contributed by atoms with van der Waals surface area (Å²) in [7, 11) is 0. The summed E-state index contributed by atoms with van der Waals surface area (Å²) in [5.74, 6) is 2.90. The van der Waals surface area contributed by atoms with Crippen LogP contribution in [0.15, 0.2) is 11.6 Å². The van der Waals surface area contributed by atoms with Crippen molar-refractivity contribution in [2.75, 3.05) is 6.61 Å². The van der Waals surface area contributed by atoms with E-state index in [0.29, 0.717) is 42.5 Å². The standard InChI is InChI=1S/C26H40O4/c1-5-7-14-29-24(28)30-22-9-8-20-23-17(6-2)15-18-16-19(27)10-12-25(18,3)21(23)11-13-26(20,22)4/h16-17,20-23H,5-15H2,1-4H3. The minimum Gasteiger partial charge on any atom is -0.434 e. The fourth-order valence-corrected chi connectivity index (χ4v) is 7.72. The summed E-state index contributed by atoms with van der Waals surface area (Å²) in [5.41, 5.74) is 1.67. The predicted molar refractivity (Wildman–Crippen MR) is 117 cm³/mol. The predicted octanol–water partition coefficient (Wildman–Crippen LogP) is 6.48. The molecule has 0 aromatic rings. The van der Waals surface area contributed by atoms with Crippen molar-refractivity contribution in [1.29, 1.82) is 0 Å². The van der Waals surface area contributed by atoms with Gasteiger partial charge in [-0.05, 0) is 80.1 Å². The molecule has 7 atom stereocenters. The highest BCUT2D eigenvalue weighted by molar-refractivity contribution is 5.91. The first-order chi connectivity index (χ1) is 14.3. The largest absolute Gasteiger partial charge is 0.508 e. The molecule has 168 valence electrons. The molecule has 0 aliphatic heterocycles. The summed E-state index contributed by atoms with van der Waals surface area (Å²) in [6.07, 6.45) is 11.8. The normalized spacial score (nSPS) is 42.6. The van der Waals surface area contributed by atoms with Crippen LogP contribution in [0.2, 0.25) is 0 Å². The van der Waals surface area contributed by atoms with E-state index in [2.05, 4.69) is 27.7 Å². The third-order valence-corrected chi connectivity index (χ3v) is 9.53. The van der Waals surface area contributed by atoms with E-state index in [-0.39, 0.29) is 16.9 Å². The second-order valence-corrected chi connectivity index (χ2v) is 10.9. The average Bonchev–Trinajstić information content (AvgIpc) is 3.04. The van der Waals surface area contributed by atoms with Crippen LogP contribution in [0.3, 0.4) is 0 Å². The van der Waals surface area contributed by atoms with E-state index in [0.717, 1.165) is 44.9 Å². The molecule has 0 aromatic carbocycles. The highest BCUT2D eigenvalue weighted by Crippen LogP contribution is 2.67. The molecule has 0 heterocycles. The van der Waals surface area contributed by atoms with Crippen LogP contribution in [0, 0.1) is 34.5 Å². The van der Waals surface area contributed by atoms with E-state index in [1.807, 2.05) is 6.08 Å². The molecule has 0 N–H and O–H groups in total. The first-order valence-corrected chi connectivity index (χ1v) is 12.4. The topological polar surface area (TPSA) is 52.6 Å². The molecule has 0 bridgehead atoms. The smallest absolute Gasteiger partial charge is 0.434 e. The average molecular weight is 417 g/mol. The van der Waals surface area contributed by atoms with Gasteiger partial charge >= 0.3 is 6.16 Å². The number of carbonyl (C=O) groups excluding carboxylic acids is 2. The Bertz CT molecular complexity index is 712. The number of fused-ring (bicyclic) bond motifs is 5. The maximum atomic E-state index is 12.3. The van der Waals surface area contributed by atoms with Crippen LogP contribution < -0.4 is 0 Å². The minimum atomic E-state index is -0.476. The maximum Gasteiger partial charge on any atom is 0.508 e. The Hall–Kier alpha value is -1.32. The van der Waals surface area contributed by atoms with Crippen LogP contribution in [0.1, 0.15) is 91.9 Å². The molecule has 4 rings (SSSR count). The summed E-state index contributed by atoms with van der Waals surface area (Å²) in [5, 5.41) is 0. The second-order valence-electron chi connectivity index (χ2n) is 10.9. The summed E-state index contributed by atoms with van der Waals surface area (Å²) >= 11 is 0. The Morgan fingerprint density at radius 2 is 1.93 bits per heavy atom. The molecular weight excluding hydrogens is 376 g/mol. The zero-order chi connectivity index (χ0) is 21.5. The van der Waals surface area contributed by atoms with Gasteiger partial charge in [-0.1, -0.05) is 46.1 Å². The van der Waals surface area contributed by atoms with Gasteiger partial charge in [0.2, 0.25) is 0 Å². The summed E-state index contributed by atoms with van der Waals surface area (Å²) in [6.45, 7) is 9.67. The molecule has 4 heteroatoms. The number of hydrogen-bond donors (Lipinski definition) is 0. The molecule has 3 saturated carbocycles. The van der Waals surface area contributed by atoms with Crippen LogP contribution in [-0.4, -0.2) is 24.6 Å². The quantitative estimate of drug-likeness (QED) is 0.380. The Labute approximate surface area is 182 Å². The summed E-state index contributed by atoms with van der Waals surface area (Å²) < 4.78 is 11.2. The zero-order valence-electron chi connectivity index (χ0n) is 19.4. The van der Waals surface area contributed by atoms with Crippen LogP contribution >= 0.6 is 0 Å². The number of allylic oxidation sites excluding steroid dienone is 1. The lowest BCUT2D eigenvalue weighted by Crippen LogP contribution is -2.54. The molecule has 0 radical (unpaired) electrons. The van der Waals surface area contributed by atoms with Crippen molar-refractivity contribution in [1.82, 2.24) is 0 Å². The number of ether oxygens (including phenoxy) is 2. The zero-order valence-corrected chi connectivity index (χ0v) is 19.4. The Morgan fingerprint density at radius 1 is 1.13 bits per heavy atom. The van der Waals surface area contributed by atoms with Gasteiger partial charge < -0.3 is 9.47 Å². The van der Waals surface area contributed by atoms with Crippen LogP contribution in [0.4, 0.5) is 4.79 Å². The molecule has 7 unspecified atom stereocenters. The molecule has 4 nitrogen and oxygen atoms in total. The summed E-state index contributed by atoms with van der Waals surface area (Å²) in [4.78, 5) is 24.4. The van der Waals surface area contributed by atoms with Crippen LogP contribution in [0.5, 0.6) is 0 Å². The highest BCUT2D eigenvalue weighted by Gasteiger charge is 2.62. The molecular formula is C26H40O4. The minimum absolute atomic E-state index is 0.0206. The highest BCUT2D eigenvalue weighted by atomic mass is 16.7. The molecule has 0 aromatic heterocycles. The fraction of sp³-hybridized carbons (Fsp3) is 0.846. The van der Waals surface area contributed by atoms with Gasteiger partial charge in [-0.25, -0.2) is 4.79 Å². The van der Waals surface area contributed by atoms with Crippen molar-refractivity contribution >= 4 is 11.9 Å². The van der Waals surface area contributed by atoms with Crippen LogP contribution in [0.25, 0.3) is 0 Å². The SMILES string of the molecule is CCCCOC(=O)OC1CCC2C3C(CC)CC4=CC(=O)CCC4(C)C3CCC12C. The van der Waals surface area contributed by atoms with Gasteiger partial charge in [0, 0.05) is 11.8 Å². The first kappa shape index (κ1) is 21.9. The Kier molecular flexibility index (Phi) is 6.07. The molecule has 0 amide bonds. The molecule has 3 fully saturated rings. The van der Waals surface area contributed by atoms with E-state index in [1.165, 1.54) is 18.4 Å². The van der Waals surface area contributed by atoms with Gasteiger partial charge in [-0.3, -0.25) is 4.79 Å². The molecule has 0 saturated heterocycles. The lowest BCUT2D eigenvalue weighted by Gasteiger charge is -2.60. The van der Waals surface area contributed by atoms with Crippen LogP contribution in [-0.2, 0) is 14.3 Å².